The maximum absolute atomic E-state index is 12.7. The van der Waals surface area contributed by atoms with Gasteiger partial charge in [0.1, 0.15) is 13.2 Å². The molecule has 6 nitrogen and oxygen atoms in total. The zero-order valence-electron chi connectivity index (χ0n) is 40.4. The molecule has 59 heavy (non-hydrogen) atoms. The van der Waals surface area contributed by atoms with Gasteiger partial charge >= 0.3 is 17.9 Å². The van der Waals surface area contributed by atoms with Crippen molar-refractivity contribution in [1.29, 1.82) is 0 Å². The number of carbonyl (C=O) groups is 3. The van der Waals surface area contributed by atoms with Crippen LogP contribution in [-0.4, -0.2) is 37.2 Å². The number of hydrogen-bond acceptors (Lipinski definition) is 6. The lowest BCUT2D eigenvalue weighted by Crippen LogP contribution is -2.30. The molecule has 0 radical (unpaired) electrons. The molecule has 0 N–H and O–H groups in total. The minimum absolute atomic E-state index is 0.0643. The van der Waals surface area contributed by atoms with Crippen LogP contribution in [-0.2, 0) is 28.6 Å². The molecule has 6 heteroatoms. The second kappa shape index (κ2) is 45.9. The van der Waals surface area contributed by atoms with Gasteiger partial charge in [0, 0.05) is 19.3 Å². The first-order valence-corrected chi connectivity index (χ1v) is 26.3. The highest BCUT2D eigenvalue weighted by Gasteiger charge is 2.19. The quantitative estimate of drug-likeness (QED) is 0.0345. The summed E-state index contributed by atoms with van der Waals surface area (Å²) in [5.74, 6) is 0.837. The van der Waals surface area contributed by atoms with Crippen LogP contribution in [0.25, 0.3) is 0 Å². The Bertz CT molecular complexity index is 902. The second-order valence-corrected chi connectivity index (χ2v) is 18.9. The highest BCUT2D eigenvalue weighted by Crippen LogP contribution is 2.18. The fourth-order valence-corrected chi connectivity index (χ4v) is 7.96. The smallest absolute Gasteiger partial charge is 0.306 e. The maximum atomic E-state index is 12.7. The number of hydrogen-bond donors (Lipinski definition) is 0. The fourth-order valence-electron chi connectivity index (χ4n) is 7.96. The lowest BCUT2D eigenvalue weighted by molar-refractivity contribution is -0.167. The van der Waals surface area contributed by atoms with Crippen LogP contribution in [0.2, 0.25) is 0 Å². The van der Waals surface area contributed by atoms with Crippen LogP contribution in [0.4, 0.5) is 0 Å². The van der Waals surface area contributed by atoms with Gasteiger partial charge in [0.05, 0.1) is 0 Å². The number of esters is 3. The Hall–Kier alpha value is -1.59. The van der Waals surface area contributed by atoms with E-state index in [-0.39, 0.29) is 31.1 Å². The Balaban J connectivity index is 4.12. The van der Waals surface area contributed by atoms with Crippen molar-refractivity contribution < 1.29 is 28.6 Å². The van der Waals surface area contributed by atoms with Gasteiger partial charge in [-0.05, 0) is 31.1 Å². The molecule has 0 bridgehead atoms. The van der Waals surface area contributed by atoms with Crippen LogP contribution in [0.5, 0.6) is 0 Å². The molecule has 0 aliphatic rings. The topological polar surface area (TPSA) is 78.9 Å². The molecular formula is C53H102O6. The Morgan fingerprint density at radius 2 is 0.644 bits per heavy atom. The van der Waals surface area contributed by atoms with Crippen LogP contribution in [0.3, 0.4) is 0 Å². The van der Waals surface area contributed by atoms with Crippen LogP contribution < -0.4 is 0 Å². The number of ether oxygens (including phenoxy) is 3. The summed E-state index contributed by atoms with van der Waals surface area (Å²) in [7, 11) is 0. The maximum Gasteiger partial charge on any atom is 0.306 e. The molecule has 0 spiro atoms. The molecule has 0 saturated heterocycles. The summed E-state index contributed by atoms with van der Waals surface area (Å²) in [5, 5.41) is 0. The molecule has 0 aromatic rings. The summed E-state index contributed by atoms with van der Waals surface area (Å²) >= 11 is 0. The zero-order valence-corrected chi connectivity index (χ0v) is 40.4. The molecule has 2 atom stereocenters. The van der Waals surface area contributed by atoms with Gasteiger partial charge < -0.3 is 14.2 Å². The minimum Gasteiger partial charge on any atom is -0.462 e. The Morgan fingerprint density at radius 1 is 0.356 bits per heavy atom. The van der Waals surface area contributed by atoms with Gasteiger partial charge in [-0.1, -0.05) is 253 Å². The van der Waals surface area contributed by atoms with Gasteiger partial charge in [-0.25, -0.2) is 0 Å². The largest absolute Gasteiger partial charge is 0.462 e. The fraction of sp³-hybridized carbons (Fsp3) is 0.943. The molecule has 0 saturated carbocycles. The van der Waals surface area contributed by atoms with Gasteiger partial charge in [-0.2, -0.15) is 0 Å². The van der Waals surface area contributed by atoms with Crippen LogP contribution >= 0.6 is 0 Å². The Kier molecular flexibility index (Phi) is 44.7. The number of unbranched alkanes of at least 4 members (excludes halogenated alkanes) is 31. The lowest BCUT2D eigenvalue weighted by Gasteiger charge is -2.18. The van der Waals surface area contributed by atoms with Crippen molar-refractivity contribution in [2.75, 3.05) is 13.2 Å². The number of carbonyl (C=O) groups excluding carboxylic acids is 3. The normalized spacial score (nSPS) is 12.5. The van der Waals surface area contributed by atoms with Gasteiger partial charge in [-0.15, -0.1) is 0 Å². The summed E-state index contributed by atoms with van der Waals surface area (Å²) in [5.41, 5.74) is 0. The van der Waals surface area contributed by atoms with E-state index in [9.17, 15) is 14.4 Å². The molecular weight excluding hydrogens is 733 g/mol. The first-order chi connectivity index (χ1) is 28.8. The van der Waals surface area contributed by atoms with E-state index in [1.165, 1.54) is 180 Å². The van der Waals surface area contributed by atoms with Gasteiger partial charge in [-0.3, -0.25) is 14.4 Å². The van der Waals surface area contributed by atoms with Crippen molar-refractivity contribution in [3.63, 3.8) is 0 Å². The van der Waals surface area contributed by atoms with E-state index >= 15 is 0 Å². The Morgan fingerprint density at radius 3 is 0.966 bits per heavy atom. The van der Waals surface area contributed by atoms with Crippen molar-refractivity contribution in [1.82, 2.24) is 0 Å². The van der Waals surface area contributed by atoms with E-state index in [0.717, 1.165) is 69.6 Å². The first kappa shape index (κ1) is 57.4. The average molecular weight is 835 g/mol. The molecule has 1 unspecified atom stereocenters. The molecule has 0 heterocycles. The molecule has 0 aliphatic carbocycles. The molecule has 0 fully saturated rings. The third-order valence-corrected chi connectivity index (χ3v) is 12.3. The summed E-state index contributed by atoms with van der Waals surface area (Å²) in [4.78, 5) is 37.8. The molecule has 0 amide bonds. The van der Waals surface area contributed by atoms with Crippen molar-refractivity contribution >= 4 is 17.9 Å². The van der Waals surface area contributed by atoms with Gasteiger partial charge in [0.2, 0.25) is 0 Å². The molecule has 0 aromatic heterocycles. The molecule has 0 aliphatic heterocycles. The van der Waals surface area contributed by atoms with Crippen LogP contribution in [0, 0.1) is 11.8 Å². The van der Waals surface area contributed by atoms with E-state index in [4.69, 9.17) is 14.2 Å². The molecule has 350 valence electrons. The van der Waals surface area contributed by atoms with E-state index in [1.54, 1.807) is 0 Å². The number of rotatable bonds is 47. The van der Waals surface area contributed by atoms with Crippen LogP contribution in [0.15, 0.2) is 0 Å². The lowest BCUT2D eigenvalue weighted by atomic mass is 9.99. The predicted molar refractivity (Wildman–Crippen MR) is 252 cm³/mol. The highest BCUT2D eigenvalue weighted by atomic mass is 16.6. The summed E-state index contributed by atoms with van der Waals surface area (Å²) in [6.45, 7) is 11.4. The Labute approximate surface area is 368 Å². The summed E-state index contributed by atoms with van der Waals surface area (Å²) in [6.07, 6.45) is 46.8. The standard InChI is InChI=1S/C53H102O6/c1-6-8-9-10-11-22-29-35-40-45-53(56)59-50(47-58-52(55)44-39-34-30-25-26-31-36-41-48(3)4)46-57-51(54)43-38-33-28-24-21-19-17-15-13-12-14-16-18-20-23-27-32-37-42-49(5)7-2/h48-50H,6-47H2,1-5H3/t49?,50-/m1/s1. The highest BCUT2D eigenvalue weighted by molar-refractivity contribution is 5.71. The zero-order chi connectivity index (χ0) is 43.3. The van der Waals surface area contributed by atoms with Crippen molar-refractivity contribution in [3.05, 3.63) is 0 Å². The third kappa shape index (κ3) is 45.8. The van der Waals surface area contributed by atoms with E-state index in [1.807, 2.05) is 0 Å². The van der Waals surface area contributed by atoms with Crippen LogP contribution in [0.1, 0.15) is 291 Å². The summed E-state index contributed by atoms with van der Waals surface area (Å²) < 4.78 is 16.7. The monoisotopic (exact) mass is 835 g/mol. The second-order valence-electron chi connectivity index (χ2n) is 18.9. The van der Waals surface area contributed by atoms with E-state index in [2.05, 4.69) is 34.6 Å². The van der Waals surface area contributed by atoms with Gasteiger partial charge in [0.25, 0.3) is 0 Å². The van der Waals surface area contributed by atoms with Crippen molar-refractivity contribution in [2.45, 2.75) is 298 Å². The molecule has 0 rings (SSSR count). The molecule has 0 aromatic carbocycles. The van der Waals surface area contributed by atoms with E-state index in [0.29, 0.717) is 19.3 Å². The van der Waals surface area contributed by atoms with Crippen molar-refractivity contribution in [3.8, 4) is 0 Å². The summed E-state index contributed by atoms with van der Waals surface area (Å²) in [6, 6.07) is 0. The predicted octanol–water partition coefficient (Wildman–Crippen LogP) is 16.9. The third-order valence-electron chi connectivity index (χ3n) is 12.3. The van der Waals surface area contributed by atoms with Crippen molar-refractivity contribution in [2.24, 2.45) is 11.8 Å². The minimum atomic E-state index is -0.760. The first-order valence-electron chi connectivity index (χ1n) is 26.3. The SMILES string of the molecule is CCCCCCCCCCCC(=O)O[C@H](COC(=O)CCCCCCCCCCCCCCCCCCCCC(C)CC)COC(=O)CCCCCCCCCC(C)C. The average Bonchev–Trinajstić information content (AvgIpc) is 3.22. The van der Waals surface area contributed by atoms with Gasteiger partial charge in [0.15, 0.2) is 6.10 Å². The van der Waals surface area contributed by atoms with E-state index < -0.39 is 6.10 Å².